The maximum absolute atomic E-state index is 12.4. The minimum Gasteiger partial charge on any atom is -0.550 e. The zero-order valence-electron chi connectivity index (χ0n) is 11.0. The largest absolute Gasteiger partial charge is 0.550 e. The molecule has 0 unspecified atom stereocenters. The quantitative estimate of drug-likeness (QED) is 0.839. The highest BCUT2D eigenvalue weighted by atomic mass is 32.1. The molecule has 0 aromatic carbocycles. The Balaban J connectivity index is 1.72. The van der Waals surface area contributed by atoms with E-state index in [1.54, 1.807) is 11.3 Å². The van der Waals surface area contributed by atoms with Gasteiger partial charge in [0, 0.05) is 16.8 Å². The van der Waals surface area contributed by atoms with Crippen molar-refractivity contribution in [2.24, 2.45) is 23.7 Å². The molecule has 4 atom stereocenters. The molecule has 0 spiro atoms. The standard InChI is InChI=1S/C15H17NO3S/c17-14(16-8-11-2-1-7-20-11)12-9-3-5-10(6-4-9)13(12)15(18)19/h1-3,5,7,9-10,12-13H,4,6,8H2,(H,16,17)(H,18,19)/p-1/t9-,10+,12+,13+/m1/s1. The summed E-state index contributed by atoms with van der Waals surface area (Å²) in [7, 11) is 0. The van der Waals surface area contributed by atoms with Gasteiger partial charge in [0.1, 0.15) is 0 Å². The molecule has 0 saturated heterocycles. The number of thiophene rings is 1. The van der Waals surface area contributed by atoms with Crippen LogP contribution in [0.4, 0.5) is 0 Å². The van der Waals surface area contributed by atoms with Crippen molar-refractivity contribution in [1.29, 1.82) is 0 Å². The van der Waals surface area contributed by atoms with Gasteiger partial charge in [0.05, 0.1) is 12.5 Å². The molecule has 1 aromatic heterocycles. The van der Waals surface area contributed by atoms with Gasteiger partial charge in [-0.25, -0.2) is 0 Å². The number of amides is 1. The van der Waals surface area contributed by atoms with Crippen LogP contribution in [0.5, 0.6) is 0 Å². The van der Waals surface area contributed by atoms with E-state index in [1.807, 2.05) is 29.7 Å². The predicted molar refractivity (Wildman–Crippen MR) is 73.5 cm³/mol. The van der Waals surface area contributed by atoms with Crippen molar-refractivity contribution in [2.45, 2.75) is 19.4 Å². The lowest BCUT2D eigenvalue weighted by molar-refractivity contribution is -0.316. The van der Waals surface area contributed by atoms with Crippen molar-refractivity contribution in [3.05, 3.63) is 34.5 Å². The molecule has 1 amide bonds. The van der Waals surface area contributed by atoms with Gasteiger partial charge < -0.3 is 15.2 Å². The highest BCUT2D eigenvalue weighted by Crippen LogP contribution is 2.44. The zero-order valence-corrected chi connectivity index (χ0v) is 11.8. The van der Waals surface area contributed by atoms with E-state index >= 15 is 0 Å². The van der Waals surface area contributed by atoms with Crippen LogP contribution in [0, 0.1) is 23.7 Å². The van der Waals surface area contributed by atoms with Crippen molar-refractivity contribution in [2.75, 3.05) is 0 Å². The first-order chi connectivity index (χ1) is 9.66. The monoisotopic (exact) mass is 290 g/mol. The average molecular weight is 290 g/mol. The van der Waals surface area contributed by atoms with Crippen LogP contribution >= 0.6 is 11.3 Å². The molecule has 1 fully saturated rings. The van der Waals surface area contributed by atoms with E-state index in [0.717, 1.165) is 17.7 Å². The maximum Gasteiger partial charge on any atom is 0.224 e. The van der Waals surface area contributed by atoms with Crippen molar-refractivity contribution < 1.29 is 14.7 Å². The fourth-order valence-corrected chi connectivity index (χ4v) is 4.02. The van der Waals surface area contributed by atoms with Crippen LogP contribution in [0.2, 0.25) is 0 Å². The predicted octanol–water partition coefficient (Wildman–Crippen LogP) is 0.943. The number of fused-ring (bicyclic) bond motifs is 2. The lowest BCUT2D eigenvalue weighted by Gasteiger charge is -2.44. The van der Waals surface area contributed by atoms with E-state index in [-0.39, 0.29) is 17.7 Å². The minimum atomic E-state index is -1.10. The summed E-state index contributed by atoms with van der Waals surface area (Å²) in [4.78, 5) is 24.8. The molecule has 0 radical (unpaired) electrons. The van der Waals surface area contributed by atoms with Gasteiger partial charge in [0.2, 0.25) is 5.91 Å². The Morgan fingerprint density at radius 3 is 2.50 bits per heavy atom. The van der Waals surface area contributed by atoms with Gasteiger partial charge in [-0.3, -0.25) is 4.79 Å². The van der Waals surface area contributed by atoms with Gasteiger partial charge >= 0.3 is 0 Å². The van der Waals surface area contributed by atoms with Crippen molar-refractivity contribution in [3.8, 4) is 0 Å². The Labute approximate surface area is 121 Å². The van der Waals surface area contributed by atoms with E-state index in [4.69, 9.17) is 0 Å². The highest BCUT2D eigenvalue weighted by Gasteiger charge is 2.44. The Morgan fingerprint density at radius 2 is 1.95 bits per heavy atom. The lowest BCUT2D eigenvalue weighted by atomic mass is 9.62. The third kappa shape index (κ3) is 2.38. The van der Waals surface area contributed by atoms with Crippen LogP contribution in [-0.4, -0.2) is 11.9 Å². The Hall–Kier alpha value is -1.62. The number of hydrogen-bond donors (Lipinski definition) is 1. The smallest absolute Gasteiger partial charge is 0.224 e. The second-order valence-electron chi connectivity index (χ2n) is 5.46. The van der Waals surface area contributed by atoms with E-state index < -0.39 is 17.8 Å². The third-order valence-corrected chi connectivity index (χ3v) is 5.22. The number of hydrogen-bond acceptors (Lipinski definition) is 4. The summed E-state index contributed by atoms with van der Waals surface area (Å²) in [5.74, 6) is -2.44. The molecule has 0 aliphatic heterocycles. The number of rotatable bonds is 4. The highest BCUT2D eigenvalue weighted by molar-refractivity contribution is 7.09. The molecule has 4 rings (SSSR count). The molecule has 1 heterocycles. The number of carboxylic acid groups (broad SMARTS) is 1. The van der Waals surface area contributed by atoms with Crippen molar-refractivity contribution in [1.82, 2.24) is 5.32 Å². The fraction of sp³-hybridized carbons (Fsp3) is 0.467. The molecule has 3 aliphatic carbocycles. The second-order valence-corrected chi connectivity index (χ2v) is 6.49. The number of carbonyl (C=O) groups is 2. The van der Waals surface area contributed by atoms with Crippen molar-refractivity contribution >= 4 is 23.2 Å². The Kier molecular flexibility index (Phi) is 3.61. The second kappa shape index (κ2) is 5.40. The molecule has 1 saturated carbocycles. The van der Waals surface area contributed by atoms with Crippen LogP contribution in [0.15, 0.2) is 29.7 Å². The van der Waals surface area contributed by atoms with E-state index in [9.17, 15) is 14.7 Å². The first-order valence-electron chi connectivity index (χ1n) is 6.86. The Bertz CT molecular complexity index is 537. The molecule has 3 aliphatic rings. The summed E-state index contributed by atoms with van der Waals surface area (Å²) in [5.41, 5.74) is 0. The average Bonchev–Trinajstić information content (AvgIpc) is 2.98. The summed E-state index contributed by atoms with van der Waals surface area (Å²) < 4.78 is 0. The van der Waals surface area contributed by atoms with Gasteiger partial charge in [-0.15, -0.1) is 11.3 Å². The minimum absolute atomic E-state index is 0.0336. The van der Waals surface area contributed by atoms with Crippen molar-refractivity contribution in [3.63, 3.8) is 0 Å². The van der Waals surface area contributed by atoms with Gasteiger partial charge in [0.15, 0.2) is 0 Å². The zero-order chi connectivity index (χ0) is 14.1. The normalized spacial score (nSPS) is 31.2. The molecule has 4 nitrogen and oxygen atoms in total. The lowest BCUT2D eigenvalue weighted by Crippen LogP contribution is -2.52. The summed E-state index contributed by atoms with van der Waals surface area (Å²) in [5, 5.41) is 16.2. The van der Waals surface area contributed by atoms with Crippen LogP contribution < -0.4 is 10.4 Å². The molecular weight excluding hydrogens is 274 g/mol. The summed E-state index contributed by atoms with van der Waals surface area (Å²) in [6, 6.07) is 3.88. The molecule has 1 aromatic rings. The van der Waals surface area contributed by atoms with Gasteiger partial charge in [-0.1, -0.05) is 18.2 Å². The van der Waals surface area contributed by atoms with Crippen LogP contribution in [0.1, 0.15) is 17.7 Å². The first kappa shape index (κ1) is 13.4. The number of carbonyl (C=O) groups excluding carboxylic acids is 2. The number of carboxylic acids is 1. The van der Waals surface area contributed by atoms with Gasteiger partial charge in [-0.05, 0) is 36.1 Å². The van der Waals surface area contributed by atoms with E-state index in [1.165, 1.54) is 0 Å². The first-order valence-corrected chi connectivity index (χ1v) is 7.74. The van der Waals surface area contributed by atoms with Crippen LogP contribution in [0.25, 0.3) is 0 Å². The molecule has 106 valence electrons. The molecule has 5 heteroatoms. The molecule has 2 bridgehead atoms. The van der Waals surface area contributed by atoms with Gasteiger partial charge in [-0.2, -0.15) is 0 Å². The molecule has 1 N–H and O–H groups in total. The molecular formula is C15H16NO3S-. The fourth-order valence-electron chi connectivity index (χ4n) is 3.38. The topological polar surface area (TPSA) is 69.2 Å². The Morgan fingerprint density at radius 1 is 1.25 bits per heavy atom. The summed E-state index contributed by atoms with van der Waals surface area (Å²) in [6.45, 7) is 0.466. The molecule has 20 heavy (non-hydrogen) atoms. The van der Waals surface area contributed by atoms with Gasteiger partial charge in [0.25, 0.3) is 0 Å². The SMILES string of the molecule is O=C(NCc1cccs1)[C@@H]1[C@@H](C(=O)[O-])[C@H]2C=C[C@@H]1CC2. The van der Waals surface area contributed by atoms with Crippen LogP contribution in [-0.2, 0) is 16.1 Å². The number of allylic oxidation sites excluding steroid dienone is 2. The number of aliphatic carboxylic acids is 1. The number of nitrogens with one attached hydrogen (secondary N) is 1. The van der Waals surface area contributed by atoms with E-state index in [0.29, 0.717) is 6.54 Å². The summed E-state index contributed by atoms with van der Waals surface area (Å²) in [6.07, 6.45) is 5.68. The van der Waals surface area contributed by atoms with E-state index in [2.05, 4.69) is 5.32 Å². The summed E-state index contributed by atoms with van der Waals surface area (Å²) >= 11 is 1.58. The van der Waals surface area contributed by atoms with Crippen LogP contribution in [0.3, 0.4) is 0 Å². The third-order valence-electron chi connectivity index (χ3n) is 4.34. The maximum atomic E-state index is 12.4.